The highest BCUT2D eigenvalue weighted by atomic mass is 32.2. The van der Waals surface area contributed by atoms with Crippen molar-refractivity contribution >= 4 is 33.2 Å². The number of carbonyl (C=O) groups excluding carboxylic acids is 2. The molecule has 2 amide bonds. The van der Waals surface area contributed by atoms with E-state index >= 15 is 0 Å². The number of aryl methyl sites for hydroxylation is 1. The van der Waals surface area contributed by atoms with Crippen molar-refractivity contribution in [1.82, 2.24) is 4.72 Å². The molecule has 0 saturated heterocycles. The smallest absolute Gasteiger partial charge is 0.241 e. The summed E-state index contributed by atoms with van der Waals surface area (Å²) in [6.07, 6.45) is 0. The predicted octanol–water partition coefficient (Wildman–Crippen LogP) is 1.87. The molecule has 0 radical (unpaired) electrons. The van der Waals surface area contributed by atoms with E-state index in [1.165, 1.54) is 13.0 Å². The molecular weight excluding hydrogens is 342 g/mol. The van der Waals surface area contributed by atoms with Gasteiger partial charge in [-0.2, -0.15) is 0 Å². The van der Waals surface area contributed by atoms with Crippen molar-refractivity contribution in [3.8, 4) is 0 Å². The Morgan fingerprint density at radius 2 is 1.60 bits per heavy atom. The zero-order valence-corrected chi connectivity index (χ0v) is 14.7. The van der Waals surface area contributed by atoms with Crippen LogP contribution in [0.2, 0.25) is 0 Å². The number of hydrogen-bond donors (Lipinski definition) is 3. The molecule has 0 saturated carbocycles. The van der Waals surface area contributed by atoms with Crippen LogP contribution in [0.5, 0.6) is 0 Å². The average Bonchev–Trinajstić information content (AvgIpc) is 2.53. The van der Waals surface area contributed by atoms with E-state index in [1.54, 1.807) is 49.4 Å². The molecule has 0 atom stereocenters. The zero-order chi connectivity index (χ0) is 18.4. The van der Waals surface area contributed by atoms with Crippen molar-refractivity contribution in [2.45, 2.75) is 18.7 Å². The highest BCUT2D eigenvalue weighted by Crippen LogP contribution is 2.15. The SMILES string of the molecule is CC(=O)Nc1cccc(NC(=O)CNS(=O)(=O)c2ccccc2C)c1. The van der Waals surface area contributed by atoms with Gasteiger partial charge >= 0.3 is 0 Å². The van der Waals surface area contributed by atoms with Crippen LogP contribution in [0.15, 0.2) is 53.4 Å². The molecule has 132 valence electrons. The summed E-state index contributed by atoms with van der Waals surface area (Å²) in [5.41, 5.74) is 1.58. The van der Waals surface area contributed by atoms with E-state index in [4.69, 9.17) is 0 Å². The van der Waals surface area contributed by atoms with Crippen LogP contribution in [-0.2, 0) is 19.6 Å². The first-order valence-electron chi connectivity index (χ1n) is 7.51. The van der Waals surface area contributed by atoms with Crippen LogP contribution in [0.4, 0.5) is 11.4 Å². The highest BCUT2D eigenvalue weighted by Gasteiger charge is 2.17. The van der Waals surface area contributed by atoms with Crippen LogP contribution < -0.4 is 15.4 Å². The standard InChI is InChI=1S/C17H19N3O4S/c1-12-6-3-4-9-16(12)25(23,24)18-11-17(22)20-15-8-5-7-14(10-15)19-13(2)21/h3-10,18H,11H2,1-2H3,(H,19,21)(H,20,22). The van der Waals surface area contributed by atoms with Gasteiger partial charge in [-0.1, -0.05) is 24.3 Å². The van der Waals surface area contributed by atoms with E-state index in [0.717, 1.165) is 0 Å². The number of hydrogen-bond acceptors (Lipinski definition) is 4. The largest absolute Gasteiger partial charge is 0.326 e. The van der Waals surface area contributed by atoms with Gasteiger partial charge in [-0.05, 0) is 36.8 Å². The van der Waals surface area contributed by atoms with Gasteiger partial charge in [0.15, 0.2) is 0 Å². The van der Waals surface area contributed by atoms with Crippen LogP contribution in [0.25, 0.3) is 0 Å². The van der Waals surface area contributed by atoms with Crippen LogP contribution in [0, 0.1) is 6.92 Å². The minimum atomic E-state index is -3.77. The zero-order valence-electron chi connectivity index (χ0n) is 13.9. The second-order valence-electron chi connectivity index (χ2n) is 5.40. The van der Waals surface area contributed by atoms with Crippen molar-refractivity contribution in [3.63, 3.8) is 0 Å². The Morgan fingerprint density at radius 1 is 0.960 bits per heavy atom. The molecule has 0 aliphatic rings. The Hall–Kier alpha value is -2.71. The summed E-state index contributed by atoms with van der Waals surface area (Å²) in [5, 5.41) is 5.18. The molecule has 2 aromatic rings. The molecule has 0 aliphatic carbocycles. The fourth-order valence-electron chi connectivity index (χ4n) is 2.18. The lowest BCUT2D eigenvalue weighted by Gasteiger charge is -2.10. The number of sulfonamides is 1. The summed E-state index contributed by atoms with van der Waals surface area (Å²) in [7, 11) is -3.77. The summed E-state index contributed by atoms with van der Waals surface area (Å²) >= 11 is 0. The molecule has 3 N–H and O–H groups in total. The van der Waals surface area contributed by atoms with Crippen LogP contribution in [0.1, 0.15) is 12.5 Å². The molecule has 0 unspecified atom stereocenters. The number of nitrogens with one attached hydrogen (secondary N) is 3. The molecule has 25 heavy (non-hydrogen) atoms. The van der Waals surface area contributed by atoms with Gasteiger partial charge < -0.3 is 10.6 Å². The molecule has 2 rings (SSSR count). The van der Waals surface area contributed by atoms with E-state index in [2.05, 4.69) is 15.4 Å². The van der Waals surface area contributed by atoms with Gasteiger partial charge in [0.25, 0.3) is 0 Å². The lowest BCUT2D eigenvalue weighted by Crippen LogP contribution is -2.33. The van der Waals surface area contributed by atoms with Crippen molar-refractivity contribution in [1.29, 1.82) is 0 Å². The van der Waals surface area contributed by atoms with Crippen LogP contribution in [-0.4, -0.2) is 26.8 Å². The van der Waals surface area contributed by atoms with Crippen molar-refractivity contribution in [2.75, 3.05) is 17.2 Å². The Bertz CT molecular complexity index is 894. The van der Waals surface area contributed by atoms with Crippen molar-refractivity contribution < 1.29 is 18.0 Å². The fourth-order valence-corrected chi connectivity index (χ4v) is 3.41. The normalized spacial score (nSPS) is 11.0. The van der Waals surface area contributed by atoms with Gasteiger partial charge in [0, 0.05) is 18.3 Å². The summed E-state index contributed by atoms with van der Waals surface area (Å²) in [5.74, 6) is -0.744. The molecule has 0 bridgehead atoms. The Kier molecular flexibility index (Phi) is 5.89. The second kappa shape index (κ2) is 7.91. The maximum Gasteiger partial charge on any atom is 0.241 e. The van der Waals surface area contributed by atoms with Crippen LogP contribution >= 0.6 is 0 Å². The lowest BCUT2D eigenvalue weighted by molar-refractivity contribution is -0.115. The minimum Gasteiger partial charge on any atom is -0.326 e. The summed E-state index contributed by atoms with van der Waals surface area (Å²) < 4.78 is 26.8. The van der Waals surface area contributed by atoms with Crippen molar-refractivity contribution in [2.24, 2.45) is 0 Å². The molecule has 0 fully saturated rings. The van der Waals surface area contributed by atoms with Gasteiger partial charge in [-0.25, -0.2) is 13.1 Å². The Balaban J connectivity index is 1.99. The number of carbonyl (C=O) groups is 2. The van der Waals surface area contributed by atoms with Crippen LogP contribution in [0.3, 0.4) is 0 Å². The topological polar surface area (TPSA) is 104 Å². The van der Waals surface area contributed by atoms with Gasteiger partial charge in [-0.3, -0.25) is 9.59 Å². The Labute approximate surface area is 146 Å². The molecule has 0 spiro atoms. The summed E-state index contributed by atoms with van der Waals surface area (Å²) in [6.45, 7) is 2.66. The first-order valence-corrected chi connectivity index (χ1v) is 8.99. The summed E-state index contributed by atoms with van der Waals surface area (Å²) in [6, 6.07) is 13.1. The first-order chi connectivity index (χ1) is 11.8. The third kappa shape index (κ3) is 5.40. The molecule has 8 heteroatoms. The van der Waals surface area contributed by atoms with Gasteiger partial charge in [0.05, 0.1) is 11.4 Å². The maximum absolute atomic E-state index is 12.2. The number of amides is 2. The fraction of sp³-hybridized carbons (Fsp3) is 0.176. The van der Waals surface area contributed by atoms with E-state index in [0.29, 0.717) is 16.9 Å². The minimum absolute atomic E-state index is 0.135. The molecule has 0 heterocycles. The van der Waals surface area contributed by atoms with Crippen molar-refractivity contribution in [3.05, 3.63) is 54.1 Å². The van der Waals surface area contributed by atoms with Gasteiger partial charge in [0.2, 0.25) is 21.8 Å². The van der Waals surface area contributed by atoms with E-state index in [-0.39, 0.29) is 10.8 Å². The highest BCUT2D eigenvalue weighted by molar-refractivity contribution is 7.89. The maximum atomic E-state index is 12.2. The average molecular weight is 361 g/mol. The molecule has 7 nitrogen and oxygen atoms in total. The summed E-state index contributed by atoms with van der Waals surface area (Å²) in [4.78, 5) is 23.2. The van der Waals surface area contributed by atoms with Gasteiger partial charge in [-0.15, -0.1) is 0 Å². The second-order valence-corrected chi connectivity index (χ2v) is 7.14. The van der Waals surface area contributed by atoms with E-state index in [1.807, 2.05) is 0 Å². The molecule has 0 aromatic heterocycles. The monoisotopic (exact) mass is 361 g/mol. The van der Waals surface area contributed by atoms with E-state index < -0.39 is 22.5 Å². The number of anilines is 2. The quantitative estimate of drug-likeness (QED) is 0.730. The number of benzene rings is 2. The molecule has 0 aliphatic heterocycles. The van der Waals surface area contributed by atoms with E-state index in [9.17, 15) is 18.0 Å². The predicted molar refractivity (Wildman–Crippen MR) is 95.7 cm³/mol. The number of rotatable bonds is 6. The lowest BCUT2D eigenvalue weighted by atomic mass is 10.2. The Morgan fingerprint density at radius 3 is 2.24 bits per heavy atom. The van der Waals surface area contributed by atoms with Gasteiger partial charge in [0.1, 0.15) is 0 Å². The molecule has 2 aromatic carbocycles. The first kappa shape index (κ1) is 18.6. The molecular formula is C17H19N3O4S. The third-order valence-corrected chi connectivity index (χ3v) is 4.83. The third-order valence-electron chi connectivity index (χ3n) is 3.27.